The molecule has 0 spiro atoms. The number of carbonyl (C=O) groups excluding carboxylic acids is 2. The second-order valence-corrected chi connectivity index (χ2v) is 3.78. The van der Waals surface area contributed by atoms with E-state index in [4.69, 9.17) is 10.5 Å². The first-order valence-corrected chi connectivity index (χ1v) is 5.86. The minimum Gasteiger partial charge on any atom is -0.383 e. The van der Waals surface area contributed by atoms with Crippen LogP contribution in [0.25, 0.3) is 0 Å². The van der Waals surface area contributed by atoms with E-state index in [1.165, 1.54) is 6.20 Å². The average molecular weight is 266 g/mol. The number of methoxy groups -OCH3 is 1. The lowest BCUT2D eigenvalue weighted by Crippen LogP contribution is -2.38. The first-order chi connectivity index (χ1) is 9.17. The molecule has 1 aromatic rings. The fourth-order valence-corrected chi connectivity index (χ4v) is 1.29. The van der Waals surface area contributed by atoms with Crippen LogP contribution in [0.3, 0.4) is 0 Å². The number of ether oxygens (including phenoxy) is 1. The van der Waals surface area contributed by atoms with Crippen molar-refractivity contribution in [3.63, 3.8) is 0 Å². The van der Waals surface area contributed by atoms with Crippen LogP contribution in [0.15, 0.2) is 18.3 Å². The summed E-state index contributed by atoms with van der Waals surface area (Å²) in [6.45, 7) is 1.12. The number of aromatic nitrogens is 1. The molecule has 1 heterocycles. The number of carbonyl (C=O) groups is 2. The maximum atomic E-state index is 11.7. The third-order valence-electron chi connectivity index (χ3n) is 2.33. The monoisotopic (exact) mass is 266 g/mol. The van der Waals surface area contributed by atoms with Gasteiger partial charge in [0.2, 0.25) is 5.91 Å². The van der Waals surface area contributed by atoms with Crippen molar-refractivity contribution in [2.45, 2.75) is 6.54 Å². The highest BCUT2D eigenvalue weighted by Gasteiger charge is 2.08. The number of pyridine rings is 1. The van der Waals surface area contributed by atoms with Gasteiger partial charge < -0.3 is 21.1 Å². The third-order valence-corrected chi connectivity index (χ3v) is 2.33. The van der Waals surface area contributed by atoms with E-state index in [0.717, 1.165) is 5.56 Å². The van der Waals surface area contributed by atoms with E-state index in [0.29, 0.717) is 19.7 Å². The van der Waals surface area contributed by atoms with Gasteiger partial charge in [0.05, 0.1) is 13.2 Å². The first kappa shape index (κ1) is 15.1. The lowest BCUT2D eigenvalue weighted by molar-refractivity contribution is -0.120. The molecule has 0 saturated heterocycles. The molecule has 7 nitrogen and oxygen atoms in total. The van der Waals surface area contributed by atoms with Crippen molar-refractivity contribution in [2.24, 2.45) is 5.73 Å². The van der Waals surface area contributed by atoms with Gasteiger partial charge in [0.1, 0.15) is 5.69 Å². The minimum atomic E-state index is -0.398. The van der Waals surface area contributed by atoms with E-state index < -0.39 is 5.91 Å². The van der Waals surface area contributed by atoms with Crippen molar-refractivity contribution in [3.8, 4) is 0 Å². The Labute approximate surface area is 111 Å². The highest BCUT2D eigenvalue weighted by atomic mass is 16.5. The highest BCUT2D eigenvalue weighted by molar-refractivity contribution is 5.94. The van der Waals surface area contributed by atoms with Crippen LogP contribution >= 0.6 is 0 Å². The fraction of sp³-hybridized carbons (Fsp3) is 0.417. The molecular formula is C12H18N4O3. The quantitative estimate of drug-likeness (QED) is 0.551. The summed E-state index contributed by atoms with van der Waals surface area (Å²) in [6, 6.07) is 3.29. The van der Waals surface area contributed by atoms with Gasteiger partial charge in [0.25, 0.3) is 5.91 Å². The maximum absolute atomic E-state index is 11.7. The molecule has 0 saturated carbocycles. The number of nitrogens with two attached hydrogens (primary N) is 1. The van der Waals surface area contributed by atoms with Gasteiger partial charge in [-0.2, -0.15) is 0 Å². The molecule has 1 rings (SSSR count). The van der Waals surface area contributed by atoms with Gasteiger partial charge in [-0.1, -0.05) is 6.07 Å². The van der Waals surface area contributed by atoms with Crippen molar-refractivity contribution in [2.75, 3.05) is 26.8 Å². The van der Waals surface area contributed by atoms with Crippen LogP contribution in [0.2, 0.25) is 0 Å². The van der Waals surface area contributed by atoms with Gasteiger partial charge >= 0.3 is 0 Å². The van der Waals surface area contributed by atoms with Gasteiger partial charge in [-0.15, -0.1) is 0 Å². The Morgan fingerprint density at radius 3 is 2.74 bits per heavy atom. The minimum absolute atomic E-state index is 0.0944. The van der Waals surface area contributed by atoms with Crippen molar-refractivity contribution >= 4 is 11.8 Å². The van der Waals surface area contributed by atoms with Gasteiger partial charge in [0.15, 0.2) is 0 Å². The Morgan fingerprint density at radius 2 is 2.16 bits per heavy atom. The molecule has 0 aliphatic rings. The number of amides is 2. The zero-order valence-electron chi connectivity index (χ0n) is 10.8. The predicted molar refractivity (Wildman–Crippen MR) is 69.3 cm³/mol. The van der Waals surface area contributed by atoms with Crippen LogP contribution in [-0.2, 0) is 16.1 Å². The Morgan fingerprint density at radius 1 is 1.37 bits per heavy atom. The molecule has 0 atom stereocenters. The number of nitrogens with one attached hydrogen (secondary N) is 2. The molecule has 19 heavy (non-hydrogen) atoms. The molecule has 0 aliphatic heterocycles. The summed E-state index contributed by atoms with van der Waals surface area (Å²) >= 11 is 0. The summed E-state index contributed by atoms with van der Waals surface area (Å²) < 4.78 is 4.79. The molecular weight excluding hydrogens is 248 g/mol. The molecule has 0 radical (unpaired) electrons. The summed E-state index contributed by atoms with van der Waals surface area (Å²) in [5.74, 6) is -0.672. The lowest BCUT2D eigenvalue weighted by Gasteiger charge is -2.06. The van der Waals surface area contributed by atoms with E-state index in [-0.39, 0.29) is 18.1 Å². The average Bonchev–Trinajstić information content (AvgIpc) is 2.45. The van der Waals surface area contributed by atoms with Gasteiger partial charge in [-0.05, 0) is 11.6 Å². The summed E-state index contributed by atoms with van der Waals surface area (Å²) in [6.07, 6.45) is 1.54. The molecule has 0 aliphatic carbocycles. The topological polar surface area (TPSA) is 106 Å². The Balaban J connectivity index is 2.35. The molecule has 0 bridgehead atoms. The number of rotatable bonds is 7. The normalized spacial score (nSPS) is 10.0. The number of hydrogen-bond donors (Lipinski definition) is 3. The Hall–Kier alpha value is -1.99. The third kappa shape index (κ3) is 5.45. The molecule has 0 aromatic carbocycles. The van der Waals surface area contributed by atoms with E-state index in [1.54, 1.807) is 19.2 Å². The van der Waals surface area contributed by atoms with Crippen molar-refractivity contribution in [1.82, 2.24) is 15.6 Å². The zero-order valence-corrected chi connectivity index (χ0v) is 10.8. The Bertz CT molecular complexity index is 419. The lowest BCUT2D eigenvalue weighted by atomic mass is 10.2. The first-order valence-electron chi connectivity index (χ1n) is 5.86. The van der Waals surface area contributed by atoms with Crippen LogP contribution in [0, 0.1) is 0 Å². The smallest absolute Gasteiger partial charge is 0.270 e. The van der Waals surface area contributed by atoms with E-state index in [9.17, 15) is 9.59 Å². The van der Waals surface area contributed by atoms with Gasteiger partial charge in [-0.3, -0.25) is 14.6 Å². The largest absolute Gasteiger partial charge is 0.383 e. The van der Waals surface area contributed by atoms with E-state index in [2.05, 4.69) is 15.6 Å². The maximum Gasteiger partial charge on any atom is 0.270 e. The number of hydrogen-bond acceptors (Lipinski definition) is 5. The standard InChI is InChI=1S/C12H18N4O3/c1-19-5-4-14-11(17)8-16-12(18)10-3-2-9(6-13)7-15-10/h2-3,7H,4-6,8,13H2,1H3,(H,14,17)(H,16,18). The molecule has 104 valence electrons. The van der Waals surface area contributed by atoms with Crippen LogP contribution in [0.5, 0.6) is 0 Å². The van der Waals surface area contributed by atoms with Crippen molar-refractivity contribution in [3.05, 3.63) is 29.6 Å². The van der Waals surface area contributed by atoms with Crippen LogP contribution in [0.1, 0.15) is 16.1 Å². The zero-order chi connectivity index (χ0) is 14.1. The summed E-state index contributed by atoms with van der Waals surface area (Å²) in [7, 11) is 1.55. The Kier molecular flexibility index (Phi) is 6.48. The van der Waals surface area contributed by atoms with Crippen LogP contribution in [0.4, 0.5) is 0 Å². The SMILES string of the molecule is COCCNC(=O)CNC(=O)c1ccc(CN)cn1. The molecule has 0 fully saturated rings. The van der Waals surface area contributed by atoms with Gasteiger partial charge in [0, 0.05) is 26.4 Å². The molecule has 2 amide bonds. The molecule has 7 heteroatoms. The molecule has 4 N–H and O–H groups in total. The highest BCUT2D eigenvalue weighted by Crippen LogP contribution is 1.98. The summed E-state index contributed by atoms with van der Waals surface area (Å²) in [5.41, 5.74) is 6.52. The summed E-state index contributed by atoms with van der Waals surface area (Å²) in [5, 5.41) is 5.07. The molecule has 1 aromatic heterocycles. The van der Waals surface area contributed by atoms with E-state index >= 15 is 0 Å². The number of nitrogens with zero attached hydrogens (tertiary/aromatic N) is 1. The van der Waals surface area contributed by atoms with Gasteiger partial charge in [-0.25, -0.2) is 0 Å². The van der Waals surface area contributed by atoms with Crippen molar-refractivity contribution < 1.29 is 14.3 Å². The summed E-state index contributed by atoms with van der Waals surface area (Å²) in [4.78, 5) is 27.0. The second kappa shape index (κ2) is 8.17. The molecule has 0 unspecified atom stereocenters. The predicted octanol–water partition coefficient (Wildman–Crippen LogP) is -0.967. The second-order valence-electron chi connectivity index (χ2n) is 3.78. The van der Waals surface area contributed by atoms with Crippen molar-refractivity contribution in [1.29, 1.82) is 0 Å². The van der Waals surface area contributed by atoms with Crippen LogP contribution in [-0.4, -0.2) is 43.6 Å². The van der Waals surface area contributed by atoms with Crippen LogP contribution < -0.4 is 16.4 Å². The fourth-order valence-electron chi connectivity index (χ4n) is 1.29. The van der Waals surface area contributed by atoms with E-state index in [1.807, 2.05) is 0 Å².